The van der Waals surface area contributed by atoms with E-state index >= 15 is 0 Å². The van der Waals surface area contributed by atoms with E-state index in [0.29, 0.717) is 11.4 Å². The Morgan fingerprint density at radius 1 is 0.882 bits per heavy atom. The van der Waals surface area contributed by atoms with Crippen molar-refractivity contribution in [3.8, 4) is 0 Å². The van der Waals surface area contributed by atoms with Gasteiger partial charge in [-0.1, -0.05) is 0 Å². The van der Waals surface area contributed by atoms with Crippen molar-refractivity contribution in [3.05, 3.63) is 52.1 Å². The fraction of sp³-hybridized carbons (Fsp3) is 0.310. The summed E-state index contributed by atoms with van der Waals surface area (Å²) in [4.78, 5) is 121. The number of anilines is 2. The van der Waals surface area contributed by atoms with E-state index in [1.807, 2.05) is 5.32 Å². The van der Waals surface area contributed by atoms with E-state index in [9.17, 15) is 48.3 Å². The number of amides is 4. The molecule has 0 fully saturated rings. The van der Waals surface area contributed by atoms with E-state index in [0.717, 1.165) is 0 Å². The van der Waals surface area contributed by atoms with Crippen molar-refractivity contribution in [2.45, 2.75) is 50.4 Å². The molecular formula is C29H32N10O12. The number of nitrogens with two attached hydrogens (primary N) is 1. The van der Waals surface area contributed by atoms with Gasteiger partial charge in [-0.2, -0.15) is 4.98 Å². The van der Waals surface area contributed by atoms with Gasteiger partial charge < -0.3 is 52.4 Å². The van der Waals surface area contributed by atoms with Crippen LogP contribution >= 0.6 is 0 Å². The molecule has 51 heavy (non-hydrogen) atoms. The first-order chi connectivity index (χ1) is 24.1. The molecule has 0 saturated heterocycles. The Hall–Kier alpha value is -7.00. The van der Waals surface area contributed by atoms with E-state index in [1.54, 1.807) is 0 Å². The number of aromatic nitrogens is 4. The molecule has 11 N–H and O–H groups in total. The fourth-order valence-electron chi connectivity index (χ4n) is 4.28. The number of carboxylic acids is 3. The number of carboxylic acid groups (broad SMARTS) is 3. The molecule has 270 valence electrons. The predicted molar refractivity (Wildman–Crippen MR) is 172 cm³/mol. The SMILES string of the molecule is Nc1nc2ncc(CNc3ccc(C(=O)N[C@@H](CCC(=O)N[C@@H](CC(=O)O)C(=O)NCC(=O)N[C@H](C=O)CC(=O)O)C(=O)O)cc3)nc2c(=O)[nH]1. The molecule has 0 saturated carbocycles. The normalized spacial score (nSPS) is 12.4. The van der Waals surface area contributed by atoms with Crippen LogP contribution in [0.3, 0.4) is 0 Å². The lowest BCUT2D eigenvalue weighted by atomic mass is 10.1. The molecule has 3 aromatic rings. The standard InChI is InChI=1S/C29H32N10O12/c30-29-38-24-23(27(49)39-29)35-16(10-32-24)9-31-14-3-1-13(2-4-14)25(47)37-17(28(50)51)5-6-19(41)36-18(8-22(45)46)26(48)33-11-20(42)34-15(12-40)7-21(43)44/h1-4,10,12,15,17-18,31H,5-9,11H2,(H,33,48)(H,34,42)(H,36,41)(H,37,47)(H,43,44)(H,45,46)(H,50,51)(H3,30,32,38,39,49)/t15-,17-,18-/m0/s1. The van der Waals surface area contributed by atoms with Crippen molar-refractivity contribution >= 4 is 70.6 Å². The summed E-state index contributed by atoms with van der Waals surface area (Å²) in [5, 5.41) is 39.0. The molecule has 22 nitrogen and oxygen atoms in total. The van der Waals surface area contributed by atoms with Crippen LogP contribution in [0.5, 0.6) is 0 Å². The van der Waals surface area contributed by atoms with Gasteiger partial charge in [0.1, 0.15) is 18.4 Å². The molecule has 1 aromatic carbocycles. The van der Waals surface area contributed by atoms with E-state index in [-0.39, 0.29) is 35.5 Å². The molecule has 2 heterocycles. The summed E-state index contributed by atoms with van der Waals surface area (Å²) in [7, 11) is 0. The summed E-state index contributed by atoms with van der Waals surface area (Å²) in [6, 6.07) is 1.21. The van der Waals surface area contributed by atoms with Crippen LogP contribution in [-0.2, 0) is 40.1 Å². The van der Waals surface area contributed by atoms with E-state index in [1.165, 1.54) is 30.5 Å². The van der Waals surface area contributed by atoms with Gasteiger partial charge >= 0.3 is 17.9 Å². The molecule has 22 heteroatoms. The lowest BCUT2D eigenvalue weighted by Gasteiger charge is -2.18. The van der Waals surface area contributed by atoms with Crippen LogP contribution in [0.1, 0.15) is 41.7 Å². The number of carbonyl (C=O) groups is 8. The number of nitrogens with one attached hydrogen (secondary N) is 6. The molecule has 4 amide bonds. The number of rotatable bonds is 19. The van der Waals surface area contributed by atoms with Crippen molar-refractivity contribution in [1.82, 2.24) is 41.2 Å². The van der Waals surface area contributed by atoms with Crippen LogP contribution in [-0.4, -0.2) is 108 Å². The Balaban J connectivity index is 1.51. The van der Waals surface area contributed by atoms with Crippen molar-refractivity contribution in [2.24, 2.45) is 0 Å². The number of benzene rings is 1. The highest BCUT2D eigenvalue weighted by Gasteiger charge is 2.27. The fourth-order valence-corrected chi connectivity index (χ4v) is 4.28. The summed E-state index contributed by atoms with van der Waals surface area (Å²) in [6.07, 6.45) is -1.07. The maximum absolute atomic E-state index is 12.8. The van der Waals surface area contributed by atoms with Gasteiger partial charge in [0.15, 0.2) is 11.2 Å². The summed E-state index contributed by atoms with van der Waals surface area (Å²) >= 11 is 0. The number of aldehydes is 1. The second-order valence-corrected chi connectivity index (χ2v) is 10.7. The molecule has 0 aliphatic rings. The molecule has 0 radical (unpaired) electrons. The highest BCUT2D eigenvalue weighted by molar-refractivity contribution is 5.97. The van der Waals surface area contributed by atoms with Crippen LogP contribution < -0.4 is 37.9 Å². The lowest BCUT2D eigenvalue weighted by Crippen LogP contribution is -2.51. The quantitative estimate of drug-likeness (QED) is 0.0557. The Bertz CT molecular complexity index is 1880. The van der Waals surface area contributed by atoms with Gasteiger partial charge in [0.25, 0.3) is 11.5 Å². The summed E-state index contributed by atoms with van der Waals surface area (Å²) < 4.78 is 0. The number of carbonyl (C=O) groups excluding carboxylic acids is 5. The molecule has 0 aliphatic heterocycles. The van der Waals surface area contributed by atoms with Crippen molar-refractivity contribution in [2.75, 3.05) is 17.6 Å². The molecule has 0 bridgehead atoms. The molecular weight excluding hydrogens is 680 g/mol. The monoisotopic (exact) mass is 712 g/mol. The topological polar surface area (TPSA) is 355 Å². The third-order valence-corrected chi connectivity index (χ3v) is 6.73. The average molecular weight is 713 g/mol. The Morgan fingerprint density at radius 3 is 2.20 bits per heavy atom. The van der Waals surface area contributed by atoms with Gasteiger partial charge in [0.05, 0.1) is 43.9 Å². The lowest BCUT2D eigenvalue weighted by molar-refractivity contribution is -0.140. The molecule has 0 aliphatic carbocycles. The first kappa shape index (κ1) is 38.4. The highest BCUT2D eigenvalue weighted by Crippen LogP contribution is 2.12. The Labute approximate surface area is 285 Å². The van der Waals surface area contributed by atoms with Gasteiger partial charge in [-0.3, -0.25) is 38.5 Å². The molecule has 2 aromatic heterocycles. The van der Waals surface area contributed by atoms with Crippen LogP contribution in [0.2, 0.25) is 0 Å². The van der Waals surface area contributed by atoms with E-state index < -0.39 is 97.4 Å². The largest absolute Gasteiger partial charge is 0.481 e. The van der Waals surface area contributed by atoms with Crippen LogP contribution in [0.4, 0.5) is 11.6 Å². The van der Waals surface area contributed by atoms with Gasteiger partial charge in [0, 0.05) is 17.7 Å². The molecule has 0 spiro atoms. The molecule has 3 rings (SSSR count). The number of hydrogen-bond donors (Lipinski definition) is 10. The zero-order valence-electron chi connectivity index (χ0n) is 26.4. The molecule has 3 atom stereocenters. The minimum atomic E-state index is -1.69. The minimum absolute atomic E-state index is 0.00387. The van der Waals surface area contributed by atoms with Gasteiger partial charge in [-0.05, 0) is 30.7 Å². The number of aliphatic carboxylic acids is 3. The second-order valence-electron chi connectivity index (χ2n) is 10.7. The van der Waals surface area contributed by atoms with Gasteiger partial charge in [0.2, 0.25) is 23.7 Å². The number of hydrogen-bond acceptors (Lipinski definition) is 14. The maximum atomic E-state index is 12.8. The molecule has 0 unspecified atom stereocenters. The summed E-state index contributed by atoms with van der Waals surface area (Å²) in [5.41, 5.74) is 6.02. The Morgan fingerprint density at radius 2 is 1.57 bits per heavy atom. The van der Waals surface area contributed by atoms with Crippen LogP contribution in [0.15, 0.2) is 35.3 Å². The third-order valence-electron chi connectivity index (χ3n) is 6.73. The zero-order chi connectivity index (χ0) is 37.7. The van der Waals surface area contributed by atoms with Crippen molar-refractivity contribution in [1.29, 1.82) is 0 Å². The van der Waals surface area contributed by atoms with Gasteiger partial charge in [-0.15, -0.1) is 0 Å². The number of aromatic amines is 1. The smallest absolute Gasteiger partial charge is 0.326 e. The third kappa shape index (κ3) is 12.2. The van der Waals surface area contributed by atoms with Crippen LogP contribution in [0, 0.1) is 0 Å². The maximum Gasteiger partial charge on any atom is 0.326 e. The highest BCUT2D eigenvalue weighted by atomic mass is 16.4. The Kier molecular flexibility index (Phi) is 13.5. The first-order valence-corrected chi connectivity index (χ1v) is 14.8. The van der Waals surface area contributed by atoms with Crippen LogP contribution in [0.25, 0.3) is 11.2 Å². The van der Waals surface area contributed by atoms with Gasteiger partial charge in [-0.25, -0.2) is 14.8 Å². The van der Waals surface area contributed by atoms with E-state index in [4.69, 9.17) is 15.9 Å². The number of H-pyrrole nitrogens is 1. The van der Waals surface area contributed by atoms with Crippen molar-refractivity contribution < 1.29 is 53.7 Å². The van der Waals surface area contributed by atoms with E-state index in [2.05, 4.69) is 41.2 Å². The average Bonchev–Trinajstić information content (AvgIpc) is 3.07. The number of fused-ring (bicyclic) bond motifs is 1. The zero-order valence-corrected chi connectivity index (χ0v) is 26.4. The predicted octanol–water partition coefficient (Wildman–Crippen LogP) is -2.90. The summed E-state index contributed by atoms with van der Waals surface area (Å²) in [6.45, 7) is -0.642. The second kappa shape index (κ2) is 18.0. The number of nitrogen functional groups attached to an aromatic ring is 1. The summed E-state index contributed by atoms with van der Waals surface area (Å²) in [5.74, 6) is -8.25. The minimum Gasteiger partial charge on any atom is -0.481 e. The number of nitrogens with zero attached hydrogens (tertiary/aromatic N) is 3. The first-order valence-electron chi connectivity index (χ1n) is 14.8. The van der Waals surface area contributed by atoms with Crippen molar-refractivity contribution in [3.63, 3.8) is 0 Å².